The van der Waals surface area contributed by atoms with Gasteiger partial charge >= 0.3 is 23.9 Å². The number of aliphatic carboxylic acids is 2. The third kappa shape index (κ3) is 16.1. The number of hydrogen-bond donors (Lipinski definition) is 4. The molecule has 15 heteroatoms. The summed E-state index contributed by atoms with van der Waals surface area (Å²) in [5, 5.41) is 36.7. The molecule has 1 aliphatic rings. The van der Waals surface area contributed by atoms with Crippen LogP contribution in [0.25, 0.3) is 10.8 Å². The molecule has 57 heavy (non-hydrogen) atoms. The first kappa shape index (κ1) is 45.1. The number of rotatable bonds is 13. The van der Waals surface area contributed by atoms with E-state index in [0.717, 1.165) is 25.9 Å². The molecule has 0 atom stereocenters. The Morgan fingerprint density at radius 3 is 1.98 bits per heavy atom. The van der Waals surface area contributed by atoms with Crippen molar-refractivity contribution in [3.63, 3.8) is 0 Å². The van der Waals surface area contributed by atoms with Gasteiger partial charge in [0.2, 0.25) is 0 Å². The van der Waals surface area contributed by atoms with Crippen LogP contribution in [0.15, 0.2) is 136 Å². The Morgan fingerprint density at radius 1 is 0.719 bits per heavy atom. The molecule has 0 saturated carbocycles. The van der Waals surface area contributed by atoms with Gasteiger partial charge < -0.3 is 39.5 Å². The number of benzene rings is 5. The smallest absolute Gasteiger partial charge is 0.341 e. The second-order valence-electron chi connectivity index (χ2n) is 11.4. The molecule has 5 aromatic rings. The molecule has 1 amide bonds. The third-order valence-corrected chi connectivity index (χ3v) is 8.63. The average Bonchev–Trinajstić information content (AvgIpc) is 3.52. The second kappa shape index (κ2) is 23.6. The van der Waals surface area contributed by atoms with Gasteiger partial charge in [-0.05, 0) is 90.2 Å². The molecule has 5 aromatic carbocycles. The normalized spacial score (nSPS) is 11.3. The topological polar surface area (TPSA) is 197 Å². The minimum atomic E-state index is -1.01. The Balaban J connectivity index is 0.000000205. The summed E-state index contributed by atoms with van der Waals surface area (Å²) in [6, 6.07) is 34.1. The number of aromatic carboxylic acids is 2. The highest BCUT2D eigenvalue weighted by Crippen LogP contribution is 2.28. The molecular weight excluding hydrogens is 822 g/mol. The van der Waals surface area contributed by atoms with E-state index in [9.17, 15) is 24.0 Å². The Morgan fingerprint density at radius 2 is 1.39 bits per heavy atom. The first-order valence-corrected chi connectivity index (χ1v) is 19.0. The number of hydrogen-bond acceptors (Lipinski definition) is 9. The summed E-state index contributed by atoms with van der Waals surface area (Å²) < 4.78 is 16.5. The monoisotopic (exact) mass is 861 g/mol. The van der Waals surface area contributed by atoms with Gasteiger partial charge in [0, 0.05) is 15.4 Å². The fraction of sp³-hybridized carbons (Fsp3) is 0.167. The predicted octanol–water partition coefficient (Wildman–Crippen LogP) is 8.57. The van der Waals surface area contributed by atoms with Crippen LogP contribution in [0.1, 0.15) is 34.6 Å². The number of carbonyl (C=O) groups excluding carboxylic acids is 1. The van der Waals surface area contributed by atoms with E-state index >= 15 is 0 Å². The lowest BCUT2D eigenvalue weighted by atomic mass is 10.1. The van der Waals surface area contributed by atoms with E-state index in [1.807, 2.05) is 73.7 Å². The van der Waals surface area contributed by atoms with Crippen LogP contribution in [-0.4, -0.2) is 87.2 Å². The number of thioether (sulfide) groups is 1. The Bertz CT molecular complexity index is 2160. The van der Waals surface area contributed by atoms with Gasteiger partial charge in [0.1, 0.15) is 35.1 Å². The largest absolute Gasteiger partial charge is 0.496 e. The molecule has 6 rings (SSSR count). The van der Waals surface area contributed by atoms with Crippen LogP contribution in [0, 0.1) is 0 Å². The number of carboxylic acids is 4. The standard InChI is InChI=1S/C13H9BrO3.C12H10O3.C9H10O2S.C8H11NO4/c14-9-6-7-11(13(15)16)12(8-9)17-10-4-2-1-3-5-10;13-12(14)8-15-11-6-5-9-3-1-2-4-10(9)7-11;1-2-12-8-5-3-7(4-6-8)9(10)11;1-2-13-6-3-7(10)9(4-6)5-8(11)12/h1-8H,(H,15,16);1-7H,8H2,(H,13,14);3-6H,2H2,1H3,(H,10,11);3H,2,4-5H2,1H3,(H,11,12). The Hall–Kier alpha value is -6.32. The van der Waals surface area contributed by atoms with Crippen LogP contribution in [0.5, 0.6) is 17.2 Å². The summed E-state index contributed by atoms with van der Waals surface area (Å²) in [6.45, 7) is 4.05. The molecule has 0 fully saturated rings. The van der Waals surface area contributed by atoms with Gasteiger partial charge in [0.25, 0.3) is 5.91 Å². The van der Waals surface area contributed by atoms with Crippen molar-refractivity contribution in [3.05, 3.63) is 143 Å². The lowest BCUT2D eigenvalue weighted by Crippen LogP contribution is -2.31. The molecule has 0 radical (unpaired) electrons. The second-order valence-corrected chi connectivity index (χ2v) is 13.7. The van der Waals surface area contributed by atoms with Gasteiger partial charge in [-0.2, -0.15) is 0 Å². The van der Waals surface area contributed by atoms with Gasteiger partial charge in [0.05, 0.1) is 18.7 Å². The van der Waals surface area contributed by atoms with Crippen molar-refractivity contribution in [1.82, 2.24) is 4.90 Å². The van der Waals surface area contributed by atoms with Crippen molar-refractivity contribution in [1.29, 1.82) is 0 Å². The van der Waals surface area contributed by atoms with Crippen molar-refractivity contribution in [2.75, 3.05) is 32.1 Å². The minimum absolute atomic E-state index is 0.136. The molecule has 0 aromatic heterocycles. The number of nitrogens with zero attached hydrogens (tertiary/aromatic N) is 1. The summed E-state index contributed by atoms with van der Waals surface area (Å²) in [6.07, 6.45) is 1.33. The summed E-state index contributed by atoms with van der Waals surface area (Å²) in [5.41, 5.74) is 0.479. The predicted molar refractivity (Wildman–Crippen MR) is 218 cm³/mol. The number of para-hydroxylation sites is 1. The molecule has 13 nitrogen and oxygen atoms in total. The molecule has 298 valence electrons. The molecular formula is C42H40BrNO12S. The van der Waals surface area contributed by atoms with Crippen LogP contribution in [0.4, 0.5) is 0 Å². The van der Waals surface area contributed by atoms with E-state index in [-0.39, 0.29) is 31.2 Å². The zero-order valence-electron chi connectivity index (χ0n) is 30.9. The maximum atomic E-state index is 11.1. The van der Waals surface area contributed by atoms with E-state index in [1.165, 1.54) is 17.0 Å². The first-order chi connectivity index (χ1) is 27.3. The molecule has 0 spiro atoms. The fourth-order valence-electron chi connectivity index (χ4n) is 4.75. The number of amides is 1. The molecule has 0 aliphatic carbocycles. The third-order valence-electron chi connectivity index (χ3n) is 7.24. The lowest BCUT2D eigenvalue weighted by molar-refractivity contribution is -0.142. The zero-order valence-corrected chi connectivity index (χ0v) is 33.3. The van der Waals surface area contributed by atoms with E-state index in [2.05, 4.69) is 22.9 Å². The average molecular weight is 863 g/mol. The van der Waals surface area contributed by atoms with Gasteiger partial charge in [-0.15, -0.1) is 11.8 Å². The van der Waals surface area contributed by atoms with Gasteiger partial charge in [-0.3, -0.25) is 9.59 Å². The van der Waals surface area contributed by atoms with Gasteiger partial charge in [0.15, 0.2) is 6.61 Å². The minimum Gasteiger partial charge on any atom is -0.496 e. The van der Waals surface area contributed by atoms with Crippen LogP contribution in [0.3, 0.4) is 0 Å². The number of halogens is 1. The zero-order chi connectivity index (χ0) is 41.7. The van der Waals surface area contributed by atoms with Gasteiger partial charge in [-0.1, -0.05) is 71.4 Å². The van der Waals surface area contributed by atoms with Crippen molar-refractivity contribution >= 4 is 68.2 Å². The maximum absolute atomic E-state index is 11.1. The quantitative estimate of drug-likeness (QED) is 0.0823. The van der Waals surface area contributed by atoms with Crippen molar-refractivity contribution in [3.8, 4) is 17.2 Å². The van der Waals surface area contributed by atoms with E-state index in [1.54, 1.807) is 54.2 Å². The fourth-order valence-corrected chi connectivity index (χ4v) is 5.75. The van der Waals surface area contributed by atoms with E-state index in [4.69, 9.17) is 34.6 Å². The molecule has 1 heterocycles. The highest BCUT2D eigenvalue weighted by Gasteiger charge is 2.24. The molecule has 0 unspecified atom stereocenters. The molecule has 4 N–H and O–H groups in total. The highest BCUT2D eigenvalue weighted by atomic mass is 79.9. The van der Waals surface area contributed by atoms with Crippen molar-refractivity contribution in [2.24, 2.45) is 0 Å². The van der Waals surface area contributed by atoms with Crippen LogP contribution < -0.4 is 9.47 Å². The van der Waals surface area contributed by atoms with Crippen LogP contribution >= 0.6 is 27.7 Å². The number of ether oxygens (including phenoxy) is 3. The number of carbonyl (C=O) groups is 5. The summed E-state index contributed by atoms with van der Waals surface area (Å²) in [5.74, 6) is -1.12. The van der Waals surface area contributed by atoms with Crippen molar-refractivity contribution in [2.45, 2.75) is 18.7 Å². The van der Waals surface area contributed by atoms with Gasteiger partial charge in [-0.25, -0.2) is 14.4 Å². The summed E-state index contributed by atoms with van der Waals surface area (Å²) >= 11 is 4.99. The number of fused-ring (bicyclic) bond motifs is 1. The highest BCUT2D eigenvalue weighted by molar-refractivity contribution is 9.10. The van der Waals surface area contributed by atoms with Crippen molar-refractivity contribution < 1.29 is 58.6 Å². The van der Waals surface area contributed by atoms with Crippen LogP contribution in [0.2, 0.25) is 0 Å². The first-order valence-electron chi connectivity index (χ1n) is 17.2. The van der Waals surface area contributed by atoms with Crippen LogP contribution in [-0.2, 0) is 19.1 Å². The molecule has 1 aliphatic heterocycles. The Kier molecular flexibility index (Phi) is 18.6. The summed E-state index contributed by atoms with van der Waals surface area (Å²) in [4.78, 5) is 55.5. The molecule has 0 bridgehead atoms. The Labute approximate surface area is 341 Å². The SMILES string of the molecule is CCOC1=CC(=O)N(CC(=O)O)C1.CCSc1ccc(C(=O)O)cc1.O=C(O)COc1ccc2ccccc2c1.O=C(O)c1ccc(Br)cc1Oc1ccccc1. The maximum Gasteiger partial charge on any atom is 0.341 e. The van der Waals surface area contributed by atoms with E-state index < -0.39 is 23.9 Å². The summed E-state index contributed by atoms with van der Waals surface area (Å²) in [7, 11) is 0. The van der Waals surface area contributed by atoms with E-state index in [0.29, 0.717) is 35.2 Å². The molecule has 0 saturated heterocycles. The number of carboxylic acid groups (broad SMARTS) is 4. The lowest BCUT2D eigenvalue weighted by Gasteiger charge is -2.12.